The van der Waals surface area contributed by atoms with Crippen molar-refractivity contribution in [2.24, 2.45) is 0 Å². The Bertz CT molecular complexity index is 840. The average molecular weight is 402 g/mol. The smallest absolute Gasteiger partial charge is 0.304 e. The highest BCUT2D eigenvalue weighted by Crippen LogP contribution is 2.38. The van der Waals surface area contributed by atoms with E-state index in [-0.39, 0.29) is 15.9 Å². The predicted molar refractivity (Wildman–Crippen MR) is 100 cm³/mol. The van der Waals surface area contributed by atoms with E-state index in [1.54, 1.807) is 11.3 Å². The molecule has 1 N–H and O–H groups in total. The van der Waals surface area contributed by atoms with Gasteiger partial charge in [-0.2, -0.15) is 0 Å². The van der Waals surface area contributed by atoms with Crippen LogP contribution in [0.4, 0.5) is 10.7 Å². The predicted octanol–water partition coefficient (Wildman–Crippen LogP) is 3.37. The van der Waals surface area contributed by atoms with Gasteiger partial charge in [0.25, 0.3) is 0 Å². The summed E-state index contributed by atoms with van der Waals surface area (Å²) in [6, 6.07) is 5.34. The zero-order valence-electron chi connectivity index (χ0n) is 13.7. The fraction of sp³-hybridized carbons (Fsp3) is 0.467. The second-order valence-electron chi connectivity index (χ2n) is 5.96. The Morgan fingerprint density at radius 2 is 2.12 bits per heavy atom. The molecule has 0 aromatic carbocycles. The van der Waals surface area contributed by atoms with Crippen molar-refractivity contribution in [1.82, 2.24) is 4.90 Å². The summed E-state index contributed by atoms with van der Waals surface area (Å²) in [6.45, 7) is 2.52. The van der Waals surface area contributed by atoms with Crippen molar-refractivity contribution in [3.63, 3.8) is 0 Å². The van der Waals surface area contributed by atoms with Crippen molar-refractivity contribution in [1.29, 1.82) is 0 Å². The highest BCUT2D eigenvalue weighted by Gasteiger charge is 2.27. The Labute approximate surface area is 154 Å². The molecule has 0 aliphatic carbocycles. The molecule has 3 rings (SSSR count). The van der Waals surface area contributed by atoms with E-state index in [9.17, 15) is 18.5 Å². The van der Waals surface area contributed by atoms with Gasteiger partial charge in [-0.25, -0.2) is 8.42 Å². The topological polar surface area (TPSA) is 92.5 Å². The summed E-state index contributed by atoms with van der Waals surface area (Å²) in [4.78, 5) is 14.3. The quantitative estimate of drug-likeness (QED) is 0.565. The highest BCUT2D eigenvalue weighted by molar-refractivity contribution is 7.92. The molecule has 136 valence electrons. The minimum Gasteiger partial charge on any atom is -0.369 e. The first kappa shape index (κ1) is 18.3. The Balaban J connectivity index is 1.83. The molecule has 2 aromatic heterocycles. The van der Waals surface area contributed by atoms with Crippen LogP contribution in [0.2, 0.25) is 0 Å². The molecule has 0 amide bonds. The van der Waals surface area contributed by atoms with Crippen LogP contribution in [-0.2, 0) is 9.84 Å². The Morgan fingerprint density at radius 1 is 1.40 bits per heavy atom. The molecular formula is C15H19N3O4S3. The van der Waals surface area contributed by atoms with E-state index < -0.39 is 14.8 Å². The van der Waals surface area contributed by atoms with Crippen LogP contribution < -0.4 is 5.32 Å². The zero-order valence-corrected chi connectivity index (χ0v) is 16.1. The minimum absolute atomic E-state index is 0.00976. The number of nitro groups is 1. The first-order valence-electron chi connectivity index (χ1n) is 7.86. The van der Waals surface area contributed by atoms with Crippen LogP contribution >= 0.6 is 22.7 Å². The number of nitrogens with one attached hydrogen (secondary N) is 1. The van der Waals surface area contributed by atoms with Crippen LogP contribution in [0, 0.1) is 10.1 Å². The van der Waals surface area contributed by atoms with E-state index in [2.05, 4.69) is 16.3 Å². The van der Waals surface area contributed by atoms with Gasteiger partial charge in [-0.3, -0.25) is 15.0 Å². The molecule has 25 heavy (non-hydrogen) atoms. The molecule has 0 saturated carbocycles. The van der Waals surface area contributed by atoms with Crippen molar-refractivity contribution < 1.29 is 13.3 Å². The maximum absolute atomic E-state index is 11.7. The van der Waals surface area contributed by atoms with Crippen molar-refractivity contribution in [3.8, 4) is 0 Å². The second kappa shape index (κ2) is 7.40. The van der Waals surface area contributed by atoms with Crippen LogP contribution in [-0.4, -0.2) is 44.1 Å². The third-order valence-electron chi connectivity index (χ3n) is 4.16. The summed E-state index contributed by atoms with van der Waals surface area (Å²) >= 11 is 2.59. The summed E-state index contributed by atoms with van der Waals surface area (Å²) in [7, 11) is -3.47. The number of hydrogen-bond donors (Lipinski definition) is 1. The normalized spacial score (nSPS) is 16.8. The number of anilines is 1. The van der Waals surface area contributed by atoms with Gasteiger partial charge in [-0.1, -0.05) is 17.4 Å². The van der Waals surface area contributed by atoms with Gasteiger partial charge in [-0.05, 0) is 37.4 Å². The van der Waals surface area contributed by atoms with E-state index >= 15 is 0 Å². The third-order valence-corrected chi connectivity index (χ3v) is 8.02. The van der Waals surface area contributed by atoms with Gasteiger partial charge < -0.3 is 5.32 Å². The van der Waals surface area contributed by atoms with Crippen LogP contribution in [0.1, 0.15) is 23.8 Å². The van der Waals surface area contributed by atoms with Gasteiger partial charge >= 0.3 is 5.69 Å². The summed E-state index contributed by atoms with van der Waals surface area (Å²) < 4.78 is 23.4. The first-order chi connectivity index (χ1) is 11.9. The average Bonchev–Trinajstić information content (AvgIpc) is 3.29. The molecule has 10 heteroatoms. The van der Waals surface area contributed by atoms with Crippen molar-refractivity contribution in [2.45, 2.75) is 23.1 Å². The molecule has 1 fully saturated rings. The molecule has 1 atom stereocenters. The lowest BCUT2D eigenvalue weighted by atomic mass is 10.2. The Morgan fingerprint density at radius 3 is 2.68 bits per heavy atom. The van der Waals surface area contributed by atoms with Crippen LogP contribution in [0.25, 0.3) is 0 Å². The fourth-order valence-electron chi connectivity index (χ4n) is 2.94. The van der Waals surface area contributed by atoms with Crippen molar-refractivity contribution in [3.05, 3.63) is 38.6 Å². The van der Waals surface area contributed by atoms with Gasteiger partial charge in [0.2, 0.25) is 0 Å². The number of rotatable bonds is 7. The van der Waals surface area contributed by atoms with Gasteiger partial charge in [0.05, 0.1) is 11.0 Å². The molecule has 7 nitrogen and oxygen atoms in total. The second-order valence-corrected chi connectivity index (χ2v) is 10.2. The molecule has 3 heterocycles. The summed E-state index contributed by atoms with van der Waals surface area (Å²) in [5.74, 6) is 0. The van der Waals surface area contributed by atoms with E-state index in [0.717, 1.165) is 49.6 Å². The third kappa shape index (κ3) is 4.20. The number of thiophene rings is 2. The molecule has 2 aromatic rings. The first-order valence-corrected chi connectivity index (χ1v) is 11.4. The van der Waals surface area contributed by atoms with Crippen molar-refractivity contribution in [2.75, 3.05) is 31.2 Å². The number of hydrogen-bond acceptors (Lipinski definition) is 8. The zero-order chi connectivity index (χ0) is 18.0. The minimum atomic E-state index is -3.47. The van der Waals surface area contributed by atoms with Gasteiger partial charge in [0.15, 0.2) is 14.8 Å². The molecule has 1 aliphatic heterocycles. The lowest BCUT2D eigenvalue weighted by Gasteiger charge is -2.26. The van der Waals surface area contributed by atoms with E-state index in [1.807, 2.05) is 11.4 Å². The fourth-order valence-corrected chi connectivity index (χ4v) is 5.75. The van der Waals surface area contributed by atoms with Crippen molar-refractivity contribution >= 4 is 43.2 Å². The lowest BCUT2D eigenvalue weighted by molar-refractivity contribution is -0.383. The summed E-state index contributed by atoms with van der Waals surface area (Å²) in [5, 5.41) is 16.7. The Kier molecular flexibility index (Phi) is 5.42. The number of sulfone groups is 1. The standard InChI is InChI=1S/C15H19N3O4S3/c1-25(21,22)14-9-11(18(19)20)15(24-14)16-10-12(13-5-4-8-23-13)17-6-2-3-7-17/h4-5,8-9,12,16H,2-3,6-7,10H2,1H3. The van der Waals surface area contributed by atoms with E-state index in [0.29, 0.717) is 11.5 Å². The van der Waals surface area contributed by atoms with Gasteiger partial charge in [-0.15, -0.1) is 11.3 Å². The summed E-state index contributed by atoms with van der Waals surface area (Å²) in [5.41, 5.74) is -0.184. The lowest BCUT2D eigenvalue weighted by Crippen LogP contribution is -2.30. The van der Waals surface area contributed by atoms with E-state index in [4.69, 9.17) is 0 Å². The monoisotopic (exact) mass is 401 g/mol. The number of nitrogens with zero attached hydrogens (tertiary/aromatic N) is 2. The molecule has 1 aliphatic rings. The Hall–Kier alpha value is -1.49. The van der Waals surface area contributed by atoms with E-state index in [1.165, 1.54) is 4.88 Å². The molecule has 1 saturated heterocycles. The summed E-state index contributed by atoms with van der Waals surface area (Å²) in [6.07, 6.45) is 3.36. The molecule has 1 unspecified atom stereocenters. The molecular weight excluding hydrogens is 382 g/mol. The SMILES string of the molecule is CS(=O)(=O)c1cc([N+](=O)[O-])c(NCC(c2cccs2)N2CCCC2)s1. The van der Waals surface area contributed by atoms with Gasteiger partial charge in [0.1, 0.15) is 4.21 Å². The molecule has 0 bridgehead atoms. The van der Waals surface area contributed by atoms with Gasteiger partial charge in [0, 0.05) is 23.7 Å². The number of likely N-dealkylation sites (tertiary alicyclic amines) is 1. The molecule has 0 radical (unpaired) electrons. The highest BCUT2D eigenvalue weighted by atomic mass is 32.2. The van der Waals surface area contributed by atoms with Crippen LogP contribution in [0.15, 0.2) is 27.8 Å². The maximum Gasteiger partial charge on any atom is 0.304 e. The largest absolute Gasteiger partial charge is 0.369 e. The molecule has 0 spiro atoms. The maximum atomic E-state index is 11.7. The van der Waals surface area contributed by atoms with Crippen LogP contribution in [0.3, 0.4) is 0 Å². The van der Waals surface area contributed by atoms with Crippen LogP contribution in [0.5, 0.6) is 0 Å².